The zero-order valence-electron chi connectivity index (χ0n) is 8.85. The molecule has 1 aromatic rings. The molecular weight excluding hydrogens is 224 g/mol. The summed E-state index contributed by atoms with van der Waals surface area (Å²) in [6, 6.07) is 3.52. The number of anilines is 1. The molecule has 0 aromatic carbocycles. The number of pyridine rings is 1. The summed E-state index contributed by atoms with van der Waals surface area (Å²) >= 11 is 0. The number of hydrogen-bond donors (Lipinski definition) is 2. The van der Waals surface area contributed by atoms with Gasteiger partial charge in [-0.2, -0.15) is 0 Å². The maximum Gasteiger partial charge on any atom is 0.129 e. The van der Waals surface area contributed by atoms with E-state index < -0.39 is 10.8 Å². The van der Waals surface area contributed by atoms with Crippen molar-refractivity contribution in [1.29, 1.82) is 5.41 Å². The van der Waals surface area contributed by atoms with Gasteiger partial charge in [-0.15, -0.1) is 0 Å². The van der Waals surface area contributed by atoms with Crippen LogP contribution in [0, 0.1) is 5.41 Å². The van der Waals surface area contributed by atoms with E-state index in [0.717, 1.165) is 18.9 Å². The highest BCUT2D eigenvalue weighted by atomic mass is 32.2. The Labute approximate surface area is 96.6 Å². The molecule has 0 saturated carbocycles. The lowest BCUT2D eigenvalue weighted by Gasteiger charge is -2.27. The van der Waals surface area contributed by atoms with Crippen LogP contribution in [-0.2, 0) is 10.8 Å². The number of nitrogens with zero attached hydrogens (tertiary/aromatic N) is 2. The minimum atomic E-state index is -0.685. The number of rotatable bonds is 2. The molecule has 86 valence electrons. The Morgan fingerprint density at radius 1 is 1.50 bits per heavy atom. The number of nitrogen functional groups attached to an aromatic ring is 1. The molecule has 16 heavy (non-hydrogen) atoms. The Morgan fingerprint density at radius 2 is 2.19 bits per heavy atom. The Morgan fingerprint density at radius 3 is 2.81 bits per heavy atom. The van der Waals surface area contributed by atoms with Gasteiger partial charge in [-0.3, -0.25) is 9.62 Å². The highest BCUT2D eigenvalue weighted by Crippen LogP contribution is 2.14. The third-order valence-corrected chi connectivity index (χ3v) is 3.83. The van der Waals surface area contributed by atoms with Crippen LogP contribution in [0.3, 0.4) is 0 Å². The number of nitrogens with two attached hydrogens (primary N) is 1. The molecule has 0 unspecified atom stereocenters. The molecule has 1 fully saturated rings. The predicted octanol–water partition coefficient (Wildman–Crippen LogP) is -0.0656. The van der Waals surface area contributed by atoms with Gasteiger partial charge >= 0.3 is 0 Å². The van der Waals surface area contributed by atoms with Crippen LogP contribution in [-0.4, -0.2) is 39.6 Å². The second kappa shape index (κ2) is 4.61. The highest BCUT2D eigenvalue weighted by Gasteiger charge is 2.16. The normalized spacial score (nSPS) is 17.4. The van der Waals surface area contributed by atoms with E-state index in [1.807, 2.05) is 0 Å². The van der Waals surface area contributed by atoms with Crippen molar-refractivity contribution in [3.05, 3.63) is 23.9 Å². The zero-order valence-corrected chi connectivity index (χ0v) is 9.67. The van der Waals surface area contributed by atoms with Crippen molar-refractivity contribution in [3.8, 4) is 0 Å². The lowest BCUT2D eigenvalue weighted by Crippen LogP contribution is -2.38. The summed E-state index contributed by atoms with van der Waals surface area (Å²) in [5, 5.41) is 7.36. The quantitative estimate of drug-likeness (QED) is 0.558. The summed E-state index contributed by atoms with van der Waals surface area (Å²) in [7, 11) is -0.685. The third-order valence-electron chi connectivity index (χ3n) is 2.56. The first-order valence-electron chi connectivity index (χ1n) is 5.07. The van der Waals surface area contributed by atoms with Gasteiger partial charge in [0.05, 0.1) is 0 Å². The van der Waals surface area contributed by atoms with Crippen LogP contribution < -0.4 is 10.6 Å². The van der Waals surface area contributed by atoms with E-state index in [-0.39, 0.29) is 5.84 Å². The first-order valence-corrected chi connectivity index (χ1v) is 6.56. The van der Waals surface area contributed by atoms with Crippen LogP contribution in [0.15, 0.2) is 18.3 Å². The number of nitrogens with one attached hydrogen (secondary N) is 1. The average Bonchev–Trinajstić information content (AvgIpc) is 2.30. The van der Waals surface area contributed by atoms with Gasteiger partial charge in [-0.25, -0.2) is 4.98 Å². The molecule has 6 heteroatoms. The molecular formula is C10H14N4OS. The van der Waals surface area contributed by atoms with Crippen LogP contribution in [0.25, 0.3) is 0 Å². The SMILES string of the molecule is N=C(N)c1ccnc(N2CCS(=O)CC2)c1. The minimum absolute atomic E-state index is 0.0456. The van der Waals surface area contributed by atoms with Crippen molar-refractivity contribution in [2.75, 3.05) is 29.5 Å². The number of hydrogen-bond acceptors (Lipinski definition) is 4. The molecule has 0 radical (unpaired) electrons. The minimum Gasteiger partial charge on any atom is -0.384 e. The summed E-state index contributed by atoms with van der Waals surface area (Å²) < 4.78 is 11.2. The maximum atomic E-state index is 11.2. The predicted molar refractivity (Wildman–Crippen MR) is 65.3 cm³/mol. The lowest BCUT2D eigenvalue weighted by atomic mass is 10.2. The van der Waals surface area contributed by atoms with Crippen molar-refractivity contribution >= 4 is 22.5 Å². The van der Waals surface area contributed by atoms with Gasteiger partial charge in [0.1, 0.15) is 11.7 Å². The Hall–Kier alpha value is -1.43. The highest BCUT2D eigenvalue weighted by molar-refractivity contribution is 7.85. The second-order valence-corrected chi connectivity index (χ2v) is 5.35. The van der Waals surface area contributed by atoms with Crippen molar-refractivity contribution in [2.45, 2.75) is 0 Å². The van der Waals surface area contributed by atoms with Gasteiger partial charge in [-0.1, -0.05) is 0 Å². The van der Waals surface area contributed by atoms with E-state index in [0.29, 0.717) is 17.1 Å². The van der Waals surface area contributed by atoms with Crippen LogP contribution in [0.4, 0.5) is 5.82 Å². The van der Waals surface area contributed by atoms with E-state index in [9.17, 15) is 4.21 Å². The fourth-order valence-electron chi connectivity index (χ4n) is 1.63. The first kappa shape index (κ1) is 11.1. The fraction of sp³-hybridized carbons (Fsp3) is 0.400. The lowest BCUT2D eigenvalue weighted by molar-refractivity contribution is 0.672. The molecule has 1 saturated heterocycles. The van der Waals surface area contributed by atoms with Gasteiger partial charge in [-0.05, 0) is 12.1 Å². The van der Waals surface area contributed by atoms with E-state index in [1.165, 1.54) is 0 Å². The summed E-state index contributed by atoms with van der Waals surface area (Å²) in [5.74, 6) is 2.23. The van der Waals surface area contributed by atoms with Gasteiger partial charge in [0.2, 0.25) is 0 Å². The molecule has 3 N–H and O–H groups in total. The van der Waals surface area contributed by atoms with Gasteiger partial charge in [0.15, 0.2) is 0 Å². The zero-order chi connectivity index (χ0) is 11.5. The molecule has 0 aliphatic carbocycles. The monoisotopic (exact) mass is 238 g/mol. The smallest absolute Gasteiger partial charge is 0.129 e. The number of amidine groups is 1. The summed E-state index contributed by atoms with van der Waals surface area (Å²) in [6.07, 6.45) is 1.65. The molecule has 0 amide bonds. The second-order valence-electron chi connectivity index (χ2n) is 3.65. The summed E-state index contributed by atoms with van der Waals surface area (Å²) in [6.45, 7) is 1.50. The molecule has 0 spiro atoms. The Balaban J connectivity index is 2.17. The first-order chi connectivity index (χ1) is 7.66. The number of aromatic nitrogens is 1. The van der Waals surface area contributed by atoms with E-state index >= 15 is 0 Å². The molecule has 2 rings (SSSR count). The standard InChI is InChI=1S/C10H14N4OS/c11-10(12)8-1-2-13-9(7-8)14-3-5-16(15)6-4-14/h1-2,7H,3-6H2,(H3,11,12). The largest absolute Gasteiger partial charge is 0.384 e. The van der Waals surface area contributed by atoms with Gasteiger partial charge in [0.25, 0.3) is 0 Å². The topological polar surface area (TPSA) is 83.1 Å². The molecule has 0 atom stereocenters. The van der Waals surface area contributed by atoms with E-state index in [4.69, 9.17) is 11.1 Å². The maximum absolute atomic E-state index is 11.2. The molecule has 5 nitrogen and oxygen atoms in total. The van der Waals surface area contributed by atoms with E-state index in [1.54, 1.807) is 18.3 Å². The van der Waals surface area contributed by atoms with Crippen molar-refractivity contribution in [1.82, 2.24) is 4.98 Å². The van der Waals surface area contributed by atoms with Gasteiger partial charge < -0.3 is 10.6 Å². The van der Waals surface area contributed by atoms with Gasteiger partial charge in [0, 0.05) is 47.2 Å². The van der Waals surface area contributed by atoms with E-state index in [2.05, 4.69) is 9.88 Å². The Kier molecular flexibility index (Phi) is 3.19. The molecule has 0 bridgehead atoms. The van der Waals surface area contributed by atoms with Crippen molar-refractivity contribution in [3.63, 3.8) is 0 Å². The van der Waals surface area contributed by atoms with Crippen LogP contribution in [0.5, 0.6) is 0 Å². The Bertz CT molecular complexity index is 425. The fourth-order valence-corrected chi connectivity index (χ4v) is 2.68. The molecule has 1 aromatic heterocycles. The summed E-state index contributed by atoms with van der Waals surface area (Å²) in [5.41, 5.74) is 6.10. The van der Waals surface area contributed by atoms with Crippen LogP contribution in [0.1, 0.15) is 5.56 Å². The van der Waals surface area contributed by atoms with Crippen molar-refractivity contribution in [2.24, 2.45) is 5.73 Å². The van der Waals surface area contributed by atoms with Crippen LogP contribution >= 0.6 is 0 Å². The van der Waals surface area contributed by atoms with Crippen molar-refractivity contribution < 1.29 is 4.21 Å². The van der Waals surface area contributed by atoms with Crippen LogP contribution in [0.2, 0.25) is 0 Å². The average molecular weight is 238 g/mol. The third kappa shape index (κ3) is 2.38. The molecule has 2 heterocycles. The molecule has 1 aliphatic heterocycles. The molecule has 1 aliphatic rings. The summed E-state index contributed by atoms with van der Waals surface area (Å²) in [4.78, 5) is 6.32.